The summed E-state index contributed by atoms with van der Waals surface area (Å²) in [6.07, 6.45) is 3.82. The van der Waals surface area contributed by atoms with Gasteiger partial charge in [0, 0.05) is 23.7 Å². The first-order valence-electron chi connectivity index (χ1n) is 7.25. The van der Waals surface area contributed by atoms with Crippen molar-refractivity contribution in [1.82, 2.24) is 18.8 Å². The molecule has 23 heavy (non-hydrogen) atoms. The fourth-order valence-corrected chi connectivity index (χ4v) is 3.46. The first-order chi connectivity index (χ1) is 11.2. The number of imidazole rings is 1. The van der Waals surface area contributed by atoms with Crippen molar-refractivity contribution in [3.05, 3.63) is 76.6 Å². The number of aromatic nitrogens is 4. The Morgan fingerprint density at radius 3 is 3.00 bits per heavy atom. The van der Waals surface area contributed by atoms with Gasteiger partial charge in [-0.1, -0.05) is 23.9 Å². The molecule has 0 fully saturated rings. The maximum absolute atomic E-state index is 12.3. The van der Waals surface area contributed by atoms with Gasteiger partial charge in [-0.05, 0) is 31.2 Å². The van der Waals surface area contributed by atoms with Crippen LogP contribution in [0.25, 0.3) is 11.2 Å². The summed E-state index contributed by atoms with van der Waals surface area (Å²) in [5, 5.41) is 0.895. The number of nitrogens with zero attached hydrogens (tertiary/aromatic N) is 4. The van der Waals surface area contributed by atoms with Crippen molar-refractivity contribution < 1.29 is 0 Å². The molecule has 0 amide bonds. The first kappa shape index (κ1) is 14.0. The summed E-state index contributed by atoms with van der Waals surface area (Å²) in [5.74, 6) is 0.605. The van der Waals surface area contributed by atoms with Crippen molar-refractivity contribution in [3.8, 4) is 0 Å². The lowest BCUT2D eigenvalue weighted by molar-refractivity contribution is 0.948. The Bertz CT molecular complexity index is 1070. The number of fused-ring (bicyclic) bond motifs is 2. The molecule has 0 bridgehead atoms. The molecule has 0 aliphatic rings. The second-order valence-electron chi connectivity index (χ2n) is 5.27. The van der Waals surface area contributed by atoms with Crippen LogP contribution in [0.2, 0.25) is 0 Å². The van der Waals surface area contributed by atoms with E-state index in [1.54, 1.807) is 22.2 Å². The normalized spacial score (nSPS) is 11.3. The molecule has 114 valence electrons. The van der Waals surface area contributed by atoms with Gasteiger partial charge >= 0.3 is 0 Å². The lowest BCUT2D eigenvalue weighted by atomic mass is 10.3. The predicted molar refractivity (Wildman–Crippen MR) is 91.0 cm³/mol. The van der Waals surface area contributed by atoms with Crippen LogP contribution in [0.5, 0.6) is 0 Å². The molecule has 0 saturated carbocycles. The fourth-order valence-electron chi connectivity index (χ4n) is 2.60. The minimum atomic E-state index is -0.0447. The van der Waals surface area contributed by atoms with Gasteiger partial charge in [0.25, 0.3) is 5.56 Å². The molecule has 4 aromatic heterocycles. The second kappa shape index (κ2) is 5.55. The summed E-state index contributed by atoms with van der Waals surface area (Å²) in [5.41, 5.74) is 3.34. The van der Waals surface area contributed by atoms with Gasteiger partial charge in [0.1, 0.15) is 5.65 Å². The van der Waals surface area contributed by atoms with Crippen LogP contribution in [0.15, 0.2) is 64.8 Å². The monoisotopic (exact) mass is 322 g/mol. The highest BCUT2D eigenvalue weighted by molar-refractivity contribution is 7.98. The average molecular weight is 322 g/mol. The van der Waals surface area contributed by atoms with Crippen LogP contribution >= 0.6 is 11.8 Å². The van der Waals surface area contributed by atoms with Crippen molar-refractivity contribution in [2.75, 3.05) is 0 Å². The molecule has 4 aromatic rings. The van der Waals surface area contributed by atoms with Gasteiger partial charge in [-0.25, -0.2) is 9.97 Å². The Labute approximate surface area is 136 Å². The molecule has 0 atom stereocenters. The Kier molecular flexibility index (Phi) is 3.38. The van der Waals surface area contributed by atoms with Crippen LogP contribution < -0.4 is 5.56 Å². The van der Waals surface area contributed by atoms with E-state index in [2.05, 4.69) is 9.97 Å². The molecular formula is C17H14N4OS. The molecule has 0 N–H and O–H groups in total. The van der Waals surface area contributed by atoms with E-state index in [1.807, 2.05) is 60.1 Å². The van der Waals surface area contributed by atoms with Gasteiger partial charge in [-0.2, -0.15) is 0 Å². The minimum absolute atomic E-state index is 0.0447. The highest BCUT2D eigenvalue weighted by Gasteiger charge is 2.07. The smallest absolute Gasteiger partial charge is 0.258 e. The second-order valence-corrected chi connectivity index (χ2v) is 6.21. The number of hydrogen-bond acceptors (Lipinski definition) is 4. The van der Waals surface area contributed by atoms with Crippen molar-refractivity contribution in [2.45, 2.75) is 17.8 Å². The molecule has 0 aromatic carbocycles. The predicted octanol–water partition coefficient (Wildman–Crippen LogP) is 2.94. The maximum atomic E-state index is 12.3. The summed E-state index contributed by atoms with van der Waals surface area (Å²) in [7, 11) is 0. The number of thioether (sulfide) groups is 1. The highest BCUT2D eigenvalue weighted by atomic mass is 32.2. The molecular weight excluding hydrogens is 308 g/mol. The van der Waals surface area contributed by atoms with Crippen molar-refractivity contribution in [3.63, 3.8) is 0 Å². The van der Waals surface area contributed by atoms with E-state index in [0.717, 1.165) is 22.1 Å². The van der Waals surface area contributed by atoms with E-state index >= 15 is 0 Å². The Morgan fingerprint density at radius 2 is 2.09 bits per heavy atom. The van der Waals surface area contributed by atoms with Crippen LogP contribution in [0.1, 0.15) is 11.4 Å². The van der Waals surface area contributed by atoms with Gasteiger partial charge in [-0.3, -0.25) is 13.6 Å². The van der Waals surface area contributed by atoms with Gasteiger partial charge < -0.3 is 0 Å². The van der Waals surface area contributed by atoms with Crippen LogP contribution in [0.3, 0.4) is 0 Å². The Hall–Kier alpha value is -2.60. The number of hydrogen-bond donors (Lipinski definition) is 0. The molecule has 0 aliphatic carbocycles. The zero-order valence-corrected chi connectivity index (χ0v) is 13.3. The topological polar surface area (TPSA) is 51.7 Å². The van der Waals surface area contributed by atoms with Crippen molar-refractivity contribution in [2.24, 2.45) is 0 Å². The lowest BCUT2D eigenvalue weighted by Gasteiger charge is -2.06. The van der Waals surface area contributed by atoms with E-state index in [0.29, 0.717) is 11.4 Å². The lowest BCUT2D eigenvalue weighted by Crippen LogP contribution is -2.17. The van der Waals surface area contributed by atoms with Crippen molar-refractivity contribution in [1.29, 1.82) is 0 Å². The van der Waals surface area contributed by atoms with Gasteiger partial charge in [-0.15, -0.1) is 0 Å². The summed E-state index contributed by atoms with van der Waals surface area (Å²) in [6, 6.07) is 13.2. The molecule has 5 nitrogen and oxygen atoms in total. The highest BCUT2D eigenvalue weighted by Crippen LogP contribution is 2.21. The quantitative estimate of drug-likeness (QED) is 0.544. The van der Waals surface area contributed by atoms with E-state index in [4.69, 9.17) is 0 Å². The van der Waals surface area contributed by atoms with Gasteiger partial charge in [0.05, 0.1) is 17.4 Å². The standard InChI is InChI=1S/C17H14N4OS/c1-12-5-4-7-15-19-13(9-16(22)21(12)15)11-23-17-18-10-14-6-2-3-8-20(14)17/h2-10H,11H2,1H3. The number of rotatable bonds is 3. The summed E-state index contributed by atoms with van der Waals surface area (Å²) < 4.78 is 3.65. The molecule has 0 aliphatic heterocycles. The average Bonchev–Trinajstić information content (AvgIpc) is 2.96. The summed E-state index contributed by atoms with van der Waals surface area (Å²) in [4.78, 5) is 21.3. The van der Waals surface area contributed by atoms with E-state index < -0.39 is 0 Å². The fraction of sp³-hybridized carbons (Fsp3) is 0.118. The zero-order chi connectivity index (χ0) is 15.8. The third-order valence-electron chi connectivity index (χ3n) is 3.69. The van der Waals surface area contributed by atoms with Crippen LogP contribution in [-0.4, -0.2) is 18.8 Å². The molecule has 0 radical (unpaired) electrons. The van der Waals surface area contributed by atoms with Crippen LogP contribution in [0.4, 0.5) is 0 Å². The molecule has 0 saturated heterocycles. The molecule has 0 spiro atoms. The molecule has 6 heteroatoms. The Balaban J connectivity index is 1.67. The van der Waals surface area contributed by atoms with Gasteiger partial charge in [0.2, 0.25) is 0 Å². The van der Waals surface area contributed by atoms with E-state index in [-0.39, 0.29) is 5.56 Å². The SMILES string of the molecule is Cc1cccc2nc(CSc3ncc4ccccn34)cc(=O)n12. The largest absolute Gasteiger partial charge is 0.295 e. The van der Waals surface area contributed by atoms with Crippen LogP contribution in [-0.2, 0) is 5.75 Å². The molecule has 4 rings (SSSR count). The zero-order valence-electron chi connectivity index (χ0n) is 12.5. The summed E-state index contributed by atoms with van der Waals surface area (Å²) in [6.45, 7) is 1.90. The van der Waals surface area contributed by atoms with E-state index in [1.165, 1.54) is 0 Å². The number of aryl methyl sites for hydroxylation is 1. The van der Waals surface area contributed by atoms with E-state index in [9.17, 15) is 4.79 Å². The first-order valence-corrected chi connectivity index (χ1v) is 8.24. The van der Waals surface area contributed by atoms with Crippen LogP contribution in [0, 0.1) is 6.92 Å². The maximum Gasteiger partial charge on any atom is 0.258 e. The summed E-state index contributed by atoms with van der Waals surface area (Å²) >= 11 is 1.57. The molecule has 0 unspecified atom stereocenters. The Morgan fingerprint density at radius 1 is 1.17 bits per heavy atom. The third kappa shape index (κ3) is 2.51. The minimum Gasteiger partial charge on any atom is -0.295 e. The number of pyridine rings is 2. The molecule has 4 heterocycles. The third-order valence-corrected chi connectivity index (χ3v) is 4.69. The van der Waals surface area contributed by atoms with Crippen molar-refractivity contribution >= 4 is 22.9 Å². The van der Waals surface area contributed by atoms with Gasteiger partial charge in [0.15, 0.2) is 5.16 Å².